The Bertz CT molecular complexity index is 516. The van der Waals surface area contributed by atoms with Crippen LogP contribution in [-0.4, -0.2) is 15.0 Å². The van der Waals surface area contributed by atoms with Crippen LogP contribution in [0.3, 0.4) is 0 Å². The molecular weight excluding hydrogens is 166 g/mol. The number of aromatic nitrogens is 3. The molecule has 4 nitrogen and oxygen atoms in total. The van der Waals surface area contributed by atoms with Crippen LogP contribution in [0.15, 0.2) is 16.9 Å². The molecule has 0 spiro atoms. The fraction of sp³-hybridized carbons (Fsp3) is 0.222. The predicted molar refractivity (Wildman–Crippen MR) is 49.6 cm³/mol. The minimum atomic E-state index is -0.154. The Morgan fingerprint density at radius 3 is 2.77 bits per heavy atom. The standard InChI is InChI=1S/C9H9N3O/c1-5-3-4-7-8(10-5)11-6(2)9(13)12-7/h3-4H,1-2H3,(H,12,13). The molecule has 0 saturated heterocycles. The van der Waals surface area contributed by atoms with Gasteiger partial charge < -0.3 is 4.98 Å². The molecule has 0 aliphatic rings. The van der Waals surface area contributed by atoms with Gasteiger partial charge in [0.15, 0.2) is 5.65 Å². The summed E-state index contributed by atoms with van der Waals surface area (Å²) in [4.78, 5) is 22.2. The van der Waals surface area contributed by atoms with Gasteiger partial charge in [-0.15, -0.1) is 0 Å². The van der Waals surface area contributed by atoms with Gasteiger partial charge in [-0.05, 0) is 26.0 Å². The van der Waals surface area contributed by atoms with E-state index in [1.165, 1.54) is 0 Å². The maximum Gasteiger partial charge on any atom is 0.269 e. The number of hydrogen-bond acceptors (Lipinski definition) is 3. The molecule has 0 aliphatic carbocycles. The van der Waals surface area contributed by atoms with Gasteiger partial charge >= 0.3 is 0 Å². The lowest BCUT2D eigenvalue weighted by Gasteiger charge is -1.98. The second-order valence-electron chi connectivity index (χ2n) is 2.98. The minimum absolute atomic E-state index is 0.154. The molecular formula is C9H9N3O. The summed E-state index contributed by atoms with van der Waals surface area (Å²) < 4.78 is 0. The third-order valence-corrected chi connectivity index (χ3v) is 1.86. The highest BCUT2D eigenvalue weighted by atomic mass is 16.1. The molecule has 2 aromatic rings. The largest absolute Gasteiger partial charge is 0.318 e. The summed E-state index contributed by atoms with van der Waals surface area (Å²) >= 11 is 0. The van der Waals surface area contributed by atoms with Gasteiger partial charge in [0.2, 0.25) is 0 Å². The normalized spacial score (nSPS) is 10.6. The SMILES string of the molecule is Cc1ccc2[nH]c(=O)c(C)nc2n1. The van der Waals surface area contributed by atoms with E-state index < -0.39 is 0 Å². The van der Waals surface area contributed by atoms with Crippen LogP contribution in [0.1, 0.15) is 11.4 Å². The van der Waals surface area contributed by atoms with Gasteiger partial charge in [-0.2, -0.15) is 0 Å². The molecule has 66 valence electrons. The number of hydrogen-bond donors (Lipinski definition) is 1. The fourth-order valence-corrected chi connectivity index (χ4v) is 1.15. The van der Waals surface area contributed by atoms with Gasteiger partial charge in [0, 0.05) is 5.69 Å². The molecule has 0 aliphatic heterocycles. The smallest absolute Gasteiger partial charge is 0.269 e. The van der Waals surface area contributed by atoms with E-state index in [2.05, 4.69) is 15.0 Å². The molecule has 0 aromatic carbocycles. The Morgan fingerprint density at radius 2 is 2.00 bits per heavy atom. The van der Waals surface area contributed by atoms with Crippen molar-refractivity contribution in [3.05, 3.63) is 33.9 Å². The van der Waals surface area contributed by atoms with Crippen LogP contribution < -0.4 is 5.56 Å². The zero-order valence-corrected chi connectivity index (χ0v) is 7.46. The number of fused-ring (bicyclic) bond motifs is 1. The molecule has 0 unspecified atom stereocenters. The van der Waals surface area contributed by atoms with Crippen molar-refractivity contribution < 1.29 is 0 Å². The molecule has 0 atom stereocenters. The number of pyridine rings is 1. The summed E-state index contributed by atoms with van der Waals surface area (Å²) in [6, 6.07) is 3.65. The monoisotopic (exact) mass is 175 g/mol. The summed E-state index contributed by atoms with van der Waals surface area (Å²) in [6.45, 7) is 3.56. The van der Waals surface area contributed by atoms with Crippen LogP contribution in [0.4, 0.5) is 0 Å². The number of rotatable bonds is 0. The Labute approximate surface area is 74.7 Å². The second-order valence-corrected chi connectivity index (χ2v) is 2.98. The van der Waals surface area contributed by atoms with E-state index in [1.807, 2.05) is 19.1 Å². The first kappa shape index (κ1) is 7.91. The zero-order valence-electron chi connectivity index (χ0n) is 7.46. The lowest BCUT2D eigenvalue weighted by molar-refractivity contribution is 1.08. The van der Waals surface area contributed by atoms with E-state index >= 15 is 0 Å². The molecule has 0 amide bonds. The van der Waals surface area contributed by atoms with Crippen LogP contribution in [0.5, 0.6) is 0 Å². The van der Waals surface area contributed by atoms with Crippen LogP contribution in [0, 0.1) is 13.8 Å². The van der Waals surface area contributed by atoms with Crippen molar-refractivity contribution in [1.82, 2.24) is 15.0 Å². The first-order chi connectivity index (χ1) is 6.16. The zero-order chi connectivity index (χ0) is 9.42. The third kappa shape index (κ3) is 1.30. The summed E-state index contributed by atoms with van der Waals surface area (Å²) in [5.41, 5.74) is 2.47. The summed E-state index contributed by atoms with van der Waals surface area (Å²) in [5.74, 6) is 0. The van der Waals surface area contributed by atoms with Crippen molar-refractivity contribution in [3.63, 3.8) is 0 Å². The van der Waals surface area contributed by atoms with Crippen LogP contribution in [-0.2, 0) is 0 Å². The Hall–Kier alpha value is -1.71. The fourth-order valence-electron chi connectivity index (χ4n) is 1.15. The predicted octanol–water partition coefficient (Wildman–Crippen LogP) is 0.935. The molecule has 0 radical (unpaired) electrons. The highest BCUT2D eigenvalue weighted by molar-refractivity contribution is 5.69. The van der Waals surface area contributed by atoms with Crippen LogP contribution >= 0.6 is 0 Å². The van der Waals surface area contributed by atoms with Crippen molar-refractivity contribution in [2.24, 2.45) is 0 Å². The topological polar surface area (TPSA) is 58.6 Å². The summed E-state index contributed by atoms with van der Waals surface area (Å²) in [5, 5.41) is 0. The van der Waals surface area contributed by atoms with E-state index in [-0.39, 0.29) is 5.56 Å². The van der Waals surface area contributed by atoms with Gasteiger partial charge in [0.1, 0.15) is 5.69 Å². The first-order valence-corrected chi connectivity index (χ1v) is 4.01. The molecule has 2 aromatic heterocycles. The van der Waals surface area contributed by atoms with Crippen molar-refractivity contribution in [3.8, 4) is 0 Å². The van der Waals surface area contributed by atoms with Gasteiger partial charge in [0.25, 0.3) is 5.56 Å². The molecule has 2 rings (SSSR count). The lowest BCUT2D eigenvalue weighted by Crippen LogP contribution is -2.12. The number of nitrogens with one attached hydrogen (secondary N) is 1. The molecule has 4 heteroatoms. The number of aryl methyl sites for hydroxylation is 2. The van der Waals surface area contributed by atoms with Gasteiger partial charge in [-0.25, -0.2) is 9.97 Å². The van der Waals surface area contributed by atoms with Gasteiger partial charge in [-0.1, -0.05) is 0 Å². The molecule has 2 heterocycles. The van der Waals surface area contributed by atoms with E-state index in [0.29, 0.717) is 16.9 Å². The highest BCUT2D eigenvalue weighted by Gasteiger charge is 2.00. The van der Waals surface area contributed by atoms with Crippen molar-refractivity contribution >= 4 is 11.2 Å². The van der Waals surface area contributed by atoms with Crippen molar-refractivity contribution in [2.75, 3.05) is 0 Å². The quantitative estimate of drug-likeness (QED) is 0.648. The lowest BCUT2D eigenvalue weighted by atomic mass is 10.3. The molecule has 0 fully saturated rings. The number of nitrogens with zero attached hydrogens (tertiary/aromatic N) is 2. The molecule has 0 bridgehead atoms. The number of H-pyrrole nitrogens is 1. The van der Waals surface area contributed by atoms with Gasteiger partial charge in [-0.3, -0.25) is 4.79 Å². The van der Waals surface area contributed by atoms with E-state index in [1.54, 1.807) is 6.92 Å². The van der Waals surface area contributed by atoms with Crippen molar-refractivity contribution in [1.29, 1.82) is 0 Å². The molecule has 13 heavy (non-hydrogen) atoms. The maximum atomic E-state index is 11.2. The molecule has 0 saturated carbocycles. The second kappa shape index (κ2) is 2.65. The van der Waals surface area contributed by atoms with E-state index in [9.17, 15) is 4.79 Å². The summed E-state index contributed by atoms with van der Waals surface area (Å²) in [6.07, 6.45) is 0. The van der Waals surface area contributed by atoms with Crippen LogP contribution in [0.2, 0.25) is 0 Å². The average Bonchev–Trinajstić information content (AvgIpc) is 2.08. The first-order valence-electron chi connectivity index (χ1n) is 4.01. The van der Waals surface area contributed by atoms with E-state index in [4.69, 9.17) is 0 Å². The third-order valence-electron chi connectivity index (χ3n) is 1.86. The summed E-state index contributed by atoms with van der Waals surface area (Å²) in [7, 11) is 0. The van der Waals surface area contributed by atoms with Crippen LogP contribution in [0.25, 0.3) is 11.2 Å². The van der Waals surface area contributed by atoms with Crippen molar-refractivity contribution in [2.45, 2.75) is 13.8 Å². The highest BCUT2D eigenvalue weighted by Crippen LogP contribution is 2.04. The van der Waals surface area contributed by atoms with E-state index in [0.717, 1.165) is 5.69 Å². The Balaban J connectivity index is 2.89. The minimum Gasteiger partial charge on any atom is -0.318 e. The maximum absolute atomic E-state index is 11.2. The Kier molecular flexibility index (Phi) is 1.62. The van der Waals surface area contributed by atoms with Gasteiger partial charge in [0.05, 0.1) is 5.52 Å². The number of aromatic amines is 1. The Morgan fingerprint density at radius 1 is 1.23 bits per heavy atom. The molecule has 1 N–H and O–H groups in total. The average molecular weight is 175 g/mol.